The maximum Gasteiger partial charge on any atom is 0.446 e. The summed E-state index contributed by atoms with van der Waals surface area (Å²) in [5.74, 6) is 0.297. The maximum absolute atomic E-state index is 12.9. The number of Topliss-reactive ketones (excluding diaryl/α,β-unsaturated/α-hetero) is 1. The van der Waals surface area contributed by atoms with Gasteiger partial charge in [-0.3, -0.25) is 9.59 Å². The van der Waals surface area contributed by atoms with Gasteiger partial charge in [0.2, 0.25) is 0 Å². The Kier molecular flexibility index (Phi) is 5.94. The van der Waals surface area contributed by atoms with E-state index in [4.69, 9.17) is 0 Å². The number of aromatic nitrogens is 2. The number of benzene rings is 1. The molecule has 0 radical (unpaired) electrons. The number of hydrogen-bond donors (Lipinski definition) is 1. The lowest BCUT2D eigenvalue weighted by Crippen LogP contribution is -2.23. The maximum atomic E-state index is 12.9. The van der Waals surface area contributed by atoms with E-state index in [1.54, 1.807) is 12.1 Å². The summed E-state index contributed by atoms with van der Waals surface area (Å²) in [6, 6.07) is 7.34. The molecule has 0 amide bonds. The van der Waals surface area contributed by atoms with Crippen molar-refractivity contribution in [2.45, 2.75) is 62.3 Å². The minimum Gasteiger partial charge on any atom is -0.310 e. The van der Waals surface area contributed by atoms with Crippen molar-refractivity contribution >= 4 is 17.5 Å². The molecule has 8 heteroatoms. The molecule has 0 saturated heterocycles. The molecule has 1 aromatic heterocycles. The zero-order chi connectivity index (χ0) is 21.4. The van der Waals surface area contributed by atoms with Gasteiger partial charge in [-0.15, -0.1) is 0 Å². The van der Waals surface area contributed by atoms with Crippen LogP contribution in [0.15, 0.2) is 40.0 Å². The third-order valence-corrected chi connectivity index (χ3v) is 5.70. The van der Waals surface area contributed by atoms with Crippen LogP contribution in [0.4, 0.5) is 13.2 Å². The van der Waals surface area contributed by atoms with E-state index in [2.05, 4.69) is 9.97 Å². The van der Waals surface area contributed by atoms with Crippen LogP contribution in [-0.4, -0.2) is 21.3 Å². The van der Waals surface area contributed by atoms with Crippen molar-refractivity contribution < 1.29 is 18.0 Å². The van der Waals surface area contributed by atoms with E-state index in [-0.39, 0.29) is 57.4 Å². The topological polar surface area (TPSA) is 62.8 Å². The smallest absolute Gasteiger partial charge is 0.310 e. The molecule has 0 bridgehead atoms. The second-order valence-electron chi connectivity index (χ2n) is 8.45. The molecule has 156 valence electrons. The Labute approximate surface area is 171 Å². The second-order valence-corrected chi connectivity index (χ2v) is 9.59. The van der Waals surface area contributed by atoms with Crippen molar-refractivity contribution in [1.29, 1.82) is 0 Å². The number of rotatable bonds is 6. The van der Waals surface area contributed by atoms with Crippen molar-refractivity contribution in [2.75, 3.05) is 0 Å². The van der Waals surface area contributed by atoms with E-state index in [9.17, 15) is 22.8 Å². The van der Waals surface area contributed by atoms with Gasteiger partial charge < -0.3 is 4.98 Å². The minimum atomic E-state index is -4.34. The minimum absolute atomic E-state index is 0.102. The number of H-pyrrole nitrogens is 1. The van der Waals surface area contributed by atoms with E-state index < -0.39 is 5.51 Å². The molecule has 1 aliphatic rings. The average Bonchev–Trinajstić information content (AvgIpc) is 3.42. The number of thioether (sulfide) groups is 1. The molecule has 1 N–H and O–H groups in total. The predicted molar refractivity (Wildman–Crippen MR) is 106 cm³/mol. The number of halogens is 3. The van der Waals surface area contributed by atoms with Crippen LogP contribution in [0.3, 0.4) is 0 Å². The highest BCUT2D eigenvalue weighted by atomic mass is 32.2. The standard InChI is InChI=1S/C21H23F3N2O2S/c1-20(2,3)15(12-6-8-14(9-7-12)29-21(22,23)24)10-17(27)16-11-18(28)26-19(25-16)13-4-5-13/h6-9,11,13,15H,4-5,10H2,1-3H3,(H,25,26,28)/t15-/m0/s1. The Bertz CT molecular complexity index is 942. The van der Waals surface area contributed by atoms with Crippen LogP contribution < -0.4 is 5.56 Å². The Hall–Kier alpha value is -2.09. The summed E-state index contributed by atoms with van der Waals surface area (Å²) in [6.45, 7) is 5.93. The Morgan fingerprint density at radius 2 is 1.83 bits per heavy atom. The molecule has 4 nitrogen and oxygen atoms in total. The van der Waals surface area contributed by atoms with E-state index in [1.807, 2.05) is 20.8 Å². The Morgan fingerprint density at radius 3 is 2.34 bits per heavy atom. The molecular formula is C21H23F3N2O2S. The summed E-state index contributed by atoms with van der Waals surface area (Å²) in [5, 5.41) is 0. The van der Waals surface area contributed by atoms with Crippen LogP contribution in [0.2, 0.25) is 0 Å². The molecule has 1 aromatic carbocycles. The number of hydrogen-bond acceptors (Lipinski definition) is 4. The number of aromatic amines is 1. The van der Waals surface area contributed by atoms with Crippen LogP contribution in [0.1, 0.15) is 73.7 Å². The molecule has 1 atom stereocenters. The van der Waals surface area contributed by atoms with E-state index in [0.29, 0.717) is 5.82 Å². The SMILES string of the molecule is CC(C)(C)[C@@H](CC(=O)c1cc(=O)[nH]c(C2CC2)n1)c1ccc(SC(F)(F)F)cc1. The largest absolute Gasteiger partial charge is 0.446 e. The Morgan fingerprint density at radius 1 is 1.21 bits per heavy atom. The molecule has 3 rings (SSSR count). The van der Waals surface area contributed by atoms with Crippen molar-refractivity contribution in [1.82, 2.24) is 9.97 Å². The molecule has 0 aliphatic heterocycles. The zero-order valence-electron chi connectivity index (χ0n) is 16.5. The van der Waals surface area contributed by atoms with Gasteiger partial charge in [-0.25, -0.2) is 4.98 Å². The molecule has 1 fully saturated rings. The highest BCUT2D eigenvalue weighted by Gasteiger charge is 2.32. The lowest BCUT2D eigenvalue weighted by molar-refractivity contribution is -0.0328. The summed E-state index contributed by atoms with van der Waals surface area (Å²) in [7, 11) is 0. The molecule has 29 heavy (non-hydrogen) atoms. The van der Waals surface area contributed by atoms with Crippen LogP contribution in [0, 0.1) is 5.41 Å². The molecule has 0 spiro atoms. The first-order chi connectivity index (χ1) is 13.4. The second kappa shape index (κ2) is 7.97. The number of carbonyl (C=O) groups excluding carboxylic acids is 1. The van der Waals surface area contributed by atoms with Gasteiger partial charge in [-0.05, 0) is 53.6 Å². The van der Waals surface area contributed by atoms with Gasteiger partial charge in [0.05, 0.1) is 0 Å². The van der Waals surface area contributed by atoms with E-state index >= 15 is 0 Å². The number of nitrogens with zero attached hydrogens (tertiary/aromatic N) is 1. The lowest BCUT2D eigenvalue weighted by atomic mass is 9.73. The third-order valence-electron chi connectivity index (χ3n) is 4.96. The molecule has 1 aliphatic carbocycles. The van der Waals surface area contributed by atoms with E-state index in [0.717, 1.165) is 18.4 Å². The molecule has 0 unspecified atom stereocenters. The van der Waals surface area contributed by atoms with Crippen molar-refractivity contribution in [3.63, 3.8) is 0 Å². The third kappa shape index (κ3) is 5.95. The fourth-order valence-electron chi connectivity index (χ4n) is 3.29. The van der Waals surface area contributed by atoms with Crippen LogP contribution in [-0.2, 0) is 0 Å². The predicted octanol–water partition coefficient (Wildman–Crippen LogP) is 5.66. The normalized spacial score (nSPS) is 15.9. The number of carbonyl (C=O) groups is 1. The lowest BCUT2D eigenvalue weighted by Gasteiger charge is -2.31. The number of ketones is 1. The summed E-state index contributed by atoms with van der Waals surface area (Å²) >= 11 is -0.164. The van der Waals surface area contributed by atoms with Crippen LogP contribution >= 0.6 is 11.8 Å². The van der Waals surface area contributed by atoms with E-state index in [1.165, 1.54) is 18.2 Å². The fourth-order valence-corrected chi connectivity index (χ4v) is 3.82. The first kappa shape index (κ1) is 21.6. The number of nitrogens with one attached hydrogen (secondary N) is 1. The highest BCUT2D eigenvalue weighted by molar-refractivity contribution is 8.00. The molecular weight excluding hydrogens is 401 g/mol. The average molecular weight is 424 g/mol. The highest BCUT2D eigenvalue weighted by Crippen LogP contribution is 2.41. The molecule has 2 aromatic rings. The van der Waals surface area contributed by atoms with Crippen molar-refractivity contribution in [3.8, 4) is 0 Å². The first-order valence-electron chi connectivity index (χ1n) is 9.42. The summed E-state index contributed by atoms with van der Waals surface area (Å²) in [4.78, 5) is 32.0. The summed E-state index contributed by atoms with van der Waals surface area (Å²) < 4.78 is 37.7. The van der Waals surface area contributed by atoms with Gasteiger partial charge in [0.1, 0.15) is 11.5 Å². The van der Waals surface area contributed by atoms with Crippen molar-refractivity contribution in [3.05, 3.63) is 57.8 Å². The van der Waals surface area contributed by atoms with Gasteiger partial charge in [-0.2, -0.15) is 13.2 Å². The van der Waals surface area contributed by atoms with Gasteiger partial charge in [0, 0.05) is 23.3 Å². The van der Waals surface area contributed by atoms with Crippen LogP contribution in [0.25, 0.3) is 0 Å². The monoisotopic (exact) mass is 424 g/mol. The van der Waals surface area contributed by atoms with Gasteiger partial charge in [0.25, 0.3) is 5.56 Å². The summed E-state index contributed by atoms with van der Waals surface area (Å²) in [6.07, 6.45) is 2.02. The van der Waals surface area contributed by atoms with Gasteiger partial charge >= 0.3 is 5.51 Å². The van der Waals surface area contributed by atoms with Gasteiger partial charge in [-0.1, -0.05) is 32.9 Å². The van der Waals surface area contributed by atoms with Gasteiger partial charge in [0.15, 0.2) is 5.78 Å². The quantitative estimate of drug-likeness (QED) is 0.480. The number of alkyl halides is 3. The fraction of sp³-hybridized carbons (Fsp3) is 0.476. The zero-order valence-corrected chi connectivity index (χ0v) is 17.3. The molecule has 1 heterocycles. The van der Waals surface area contributed by atoms with Crippen molar-refractivity contribution in [2.24, 2.45) is 5.41 Å². The summed E-state index contributed by atoms with van der Waals surface area (Å²) in [5.41, 5.74) is -4.06. The first-order valence-corrected chi connectivity index (χ1v) is 10.2. The Balaban J connectivity index is 1.83. The van der Waals surface area contributed by atoms with Crippen LogP contribution in [0.5, 0.6) is 0 Å². The molecule has 1 saturated carbocycles.